The van der Waals surface area contributed by atoms with Crippen LogP contribution in [0.25, 0.3) is 0 Å². The molecule has 1 rings (SSSR count). The van der Waals surface area contributed by atoms with Crippen LogP contribution in [0.3, 0.4) is 0 Å². The van der Waals surface area contributed by atoms with Crippen molar-refractivity contribution in [3.8, 4) is 0 Å². The molecule has 1 aromatic heterocycles. The zero-order chi connectivity index (χ0) is 10.7. The Labute approximate surface area is 85.2 Å². The van der Waals surface area contributed by atoms with E-state index in [4.69, 9.17) is 5.73 Å². The third-order valence-electron chi connectivity index (χ3n) is 1.89. The van der Waals surface area contributed by atoms with E-state index in [1.165, 1.54) is 0 Å². The topological polar surface area (TPSA) is 55.0 Å². The molecule has 0 amide bonds. The summed E-state index contributed by atoms with van der Waals surface area (Å²) in [6, 6.07) is 1.94. The van der Waals surface area contributed by atoms with Crippen molar-refractivity contribution in [1.29, 1.82) is 0 Å². The molecule has 0 saturated heterocycles. The normalized spacial score (nSPS) is 10.6. The maximum absolute atomic E-state index is 5.58. The molecule has 0 atom stereocenters. The highest BCUT2D eigenvalue weighted by Gasteiger charge is 2.06. The molecule has 1 heterocycles. The second-order valence-corrected chi connectivity index (χ2v) is 4.00. The summed E-state index contributed by atoms with van der Waals surface area (Å²) in [5.74, 6) is 1.84. The molecule has 4 nitrogen and oxygen atoms in total. The number of nitrogens with zero attached hydrogens (tertiary/aromatic N) is 3. The van der Waals surface area contributed by atoms with Gasteiger partial charge in [0.15, 0.2) is 0 Å². The highest BCUT2D eigenvalue weighted by Crippen LogP contribution is 2.12. The van der Waals surface area contributed by atoms with Gasteiger partial charge in [-0.15, -0.1) is 0 Å². The average Bonchev–Trinajstić information content (AvgIpc) is 2.00. The highest BCUT2D eigenvalue weighted by atomic mass is 15.2. The van der Waals surface area contributed by atoms with Crippen molar-refractivity contribution in [3.63, 3.8) is 0 Å². The number of aromatic nitrogens is 2. The lowest BCUT2D eigenvalue weighted by molar-refractivity contribution is 0.634. The maximum Gasteiger partial charge on any atom is 0.222 e. The summed E-state index contributed by atoms with van der Waals surface area (Å²) < 4.78 is 0. The Morgan fingerprint density at radius 2 is 2.07 bits per heavy atom. The monoisotopic (exact) mass is 194 g/mol. The van der Waals surface area contributed by atoms with E-state index in [9.17, 15) is 0 Å². The Bertz CT molecular complexity index is 289. The molecule has 0 unspecified atom stereocenters. The van der Waals surface area contributed by atoms with Gasteiger partial charge in [0.1, 0.15) is 5.82 Å². The number of rotatable bonds is 3. The SMILES string of the molecule is Cc1cc(N(C)CC(C)C)nc(N)n1. The minimum atomic E-state index is 0.343. The van der Waals surface area contributed by atoms with E-state index >= 15 is 0 Å². The van der Waals surface area contributed by atoms with Crippen LogP contribution in [0.2, 0.25) is 0 Å². The third kappa shape index (κ3) is 2.87. The molecule has 0 bridgehead atoms. The quantitative estimate of drug-likeness (QED) is 0.791. The van der Waals surface area contributed by atoms with E-state index in [0.717, 1.165) is 18.1 Å². The average molecular weight is 194 g/mol. The molecular weight excluding hydrogens is 176 g/mol. The molecule has 0 saturated carbocycles. The van der Waals surface area contributed by atoms with Crippen molar-refractivity contribution >= 4 is 11.8 Å². The fraction of sp³-hybridized carbons (Fsp3) is 0.600. The lowest BCUT2D eigenvalue weighted by Gasteiger charge is -2.20. The first-order valence-corrected chi connectivity index (χ1v) is 4.81. The highest BCUT2D eigenvalue weighted by molar-refractivity contribution is 5.42. The van der Waals surface area contributed by atoms with E-state index in [0.29, 0.717) is 11.9 Å². The Morgan fingerprint density at radius 1 is 1.43 bits per heavy atom. The van der Waals surface area contributed by atoms with E-state index in [-0.39, 0.29) is 0 Å². The summed E-state index contributed by atoms with van der Waals surface area (Å²) in [6.45, 7) is 7.24. The molecule has 78 valence electrons. The molecule has 0 aliphatic heterocycles. The number of hydrogen-bond donors (Lipinski definition) is 1. The van der Waals surface area contributed by atoms with Crippen LogP contribution in [0.15, 0.2) is 6.07 Å². The van der Waals surface area contributed by atoms with E-state index in [1.807, 2.05) is 20.0 Å². The van der Waals surface area contributed by atoms with Crippen molar-refractivity contribution in [1.82, 2.24) is 9.97 Å². The summed E-state index contributed by atoms with van der Waals surface area (Å²) >= 11 is 0. The smallest absolute Gasteiger partial charge is 0.222 e. The second-order valence-electron chi connectivity index (χ2n) is 4.00. The van der Waals surface area contributed by atoms with Crippen LogP contribution >= 0.6 is 0 Å². The number of aryl methyl sites for hydroxylation is 1. The molecule has 2 N–H and O–H groups in total. The Balaban J connectivity index is 2.84. The fourth-order valence-electron chi connectivity index (χ4n) is 1.41. The molecular formula is C10H18N4. The lowest BCUT2D eigenvalue weighted by Crippen LogP contribution is -2.24. The molecule has 4 heteroatoms. The van der Waals surface area contributed by atoms with Gasteiger partial charge in [-0.1, -0.05) is 13.8 Å². The first-order valence-electron chi connectivity index (χ1n) is 4.81. The predicted molar refractivity (Wildman–Crippen MR) is 59.3 cm³/mol. The number of anilines is 2. The zero-order valence-corrected chi connectivity index (χ0v) is 9.28. The molecule has 14 heavy (non-hydrogen) atoms. The van der Waals surface area contributed by atoms with Gasteiger partial charge >= 0.3 is 0 Å². The van der Waals surface area contributed by atoms with Crippen LogP contribution in [-0.4, -0.2) is 23.6 Å². The van der Waals surface area contributed by atoms with Crippen LogP contribution in [0, 0.1) is 12.8 Å². The van der Waals surface area contributed by atoms with Crippen LogP contribution in [0.4, 0.5) is 11.8 Å². The van der Waals surface area contributed by atoms with Gasteiger partial charge in [-0.2, -0.15) is 4.98 Å². The summed E-state index contributed by atoms with van der Waals surface area (Å²) in [6.07, 6.45) is 0. The Morgan fingerprint density at radius 3 is 2.57 bits per heavy atom. The molecule has 0 aromatic carbocycles. The maximum atomic E-state index is 5.58. The van der Waals surface area contributed by atoms with Crippen molar-refractivity contribution in [2.75, 3.05) is 24.2 Å². The summed E-state index contributed by atoms with van der Waals surface area (Å²) in [5, 5.41) is 0. The van der Waals surface area contributed by atoms with Crippen LogP contribution < -0.4 is 10.6 Å². The van der Waals surface area contributed by atoms with Gasteiger partial charge in [-0.3, -0.25) is 0 Å². The molecule has 0 aliphatic carbocycles. The summed E-state index contributed by atoms with van der Waals surface area (Å²) in [4.78, 5) is 10.3. The van der Waals surface area contributed by atoms with Crippen LogP contribution in [0.5, 0.6) is 0 Å². The minimum Gasteiger partial charge on any atom is -0.368 e. The van der Waals surface area contributed by atoms with Gasteiger partial charge in [0.05, 0.1) is 0 Å². The third-order valence-corrected chi connectivity index (χ3v) is 1.89. The molecule has 0 fully saturated rings. The van der Waals surface area contributed by atoms with E-state index in [2.05, 4.69) is 28.7 Å². The van der Waals surface area contributed by atoms with Crippen molar-refractivity contribution in [2.45, 2.75) is 20.8 Å². The van der Waals surface area contributed by atoms with E-state index < -0.39 is 0 Å². The van der Waals surface area contributed by atoms with Crippen molar-refractivity contribution in [3.05, 3.63) is 11.8 Å². The lowest BCUT2D eigenvalue weighted by atomic mass is 10.2. The molecule has 0 aliphatic rings. The van der Waals surface area contributed by atoms with Crippen LogP contribution in [-0.2, 0) is 0 Å². The second kappa shape index (κ2) is 4.26. The van der Waals surface area contributed by atoms with Crippen molar-refractivity contribution < 1.29 is 0 Å². The van der Waals surface area contributed by atoms with Crippen LogP contribution in [0.1, 0.15) is 19.5 Å². The summed E-state index contributed by atoms with van der Waals surface area (Å²) in [7, 11) is 2.02. The van der Waals surface area contributed by atoms with Gasteiger partial charge in [0.2, 0.25) is 5.95 Å². The molecule has 0 spiro atoms. The zero-order valence-electron chi connectivity index (χ0n) is 9.28. The Hall–Kier alpha value is -1.32. The van der Waals surface area contributed by atoms with Gasteiger partial charge in [-0.25, -0.2) is 4.98 Å². The minimum absolute atomic E-state index is 0.343. The van der Waals surface area contributed by atoms with Gasteiger partial charge < -0.3 is 10.6 Å². The van der Waals surface area contributed by atoms with E-state index in [1.54, 1.807) is 0 Å². The van der Waals surface area contributed by atoms with Gasteiger partial charge in [0, 0.05) is 25.4 Å². The summed E-state index contributed by atoms with van der Waals surface area (Å²) in [5.41, 5.74) is 6.48. The molecule has 0 radical (unpaired) electrons. The largest absolute Gasteiger partial charge is 0.368 e. The number of hydrogen-bond acceptors (Lipinski definition) is 4. The first-order chi connectivity index (χ1) is 6.49. The van der Waals surface area contributed by atoms with Gasteiger partial charge in [-0.05, 0) is 12.8 Å². The number of nitrogens with two attached hydrogens (primary N) is 1. The Kier molecular flexibility index (Phi) is 3.28. The predicted octanol–water partition coefficient (Wildman–Crippen LogP) is 1.46. The van der Waals surface area contributed by atoms with Gasteiger partial charge in [0.25, 0.3) is 0 Å². The number of nitrogen functional groups attached to an aromatic ring is 1. The standard InChI is InChI=1S/C10H18N4/c1-7(2)6-14(4)9-5-8(3)12-10(11)13-9/h5,7H,6H2,1-4H3,(H2,11,12,13). The van der Waals surface area contributed by atoms with Crippen molar-refractivity contribution in [2.24, 2.45) is 5.92 Å². The molecule has 1 aromatic rings. The fourth-order valence-corrected chi connectivity index (χ4v) is 1.41. The first kappa shape index (κ1) is 10.8.